The van der Waals surface area contributed by atoms with Gasteiger partial charge in [0.15, 0.2) is 0 Å². The van der Waals surface area contributed by atoms with Crippen molar-refractivity contribution in [1.82, 2.24) is 4.31 Å². The summed E-state index contributed by atoms with van der Waals surface area (Å²) in [5.74, 6) is 0. The van der Waals surface area contributed by atoms with Gasteiger partial charge in [-0.1, -0.05) is 30.3 Å². The van der Waals surface area contributed by atoms with Crippen LogP contribution in [-0.4, -0.2) is 33.0 Å². The van der Waals surface area contributed by atoms with Crippen molar-refractivity contribution in [2.75, 3.05) is 14.1 Å². The molecule has 0 saturated carbocycles. The molecular weight excluding hydrogens is 200 g/mol. The summed E-state index contributed by atoms with van der Waals surface area (Å²) >= 11 is 0. The summed E-state index contributed by atoms with van der Waals surface area (Å²) in [6, 6.07) is 9.08. The van der Waals surface area contributed by atoms with Crippen molar-refractivity contribution in [3.63, 3.8) is 0 Å². The van der Waals surface area contributed by atoms with E-state index in [1.54, 1.807) is 12.1 Å². The van der Waals surface area contributed by atoms with E-state index in [1.807, 2.05) is 18.2 Å². The first kappa shape index (κ1) is 10.9. The van der Waals surface area contributed by atoms with Crippen molar-refractivity contribution < 1.29 is 8.42 Å². The van der Waals surface area contributed by atoms with Gasteiger partial charge in [-0.25, -0.2) is 0 Å². The molecule has 0 aromatic heterocycles. The van der Waals surface area contributed by atoms with Crippen molar-refractivity contribution in [2.45, 2.75) is 0 Å². The second kappa shape index (κ2) is 4.34. The fraction of sp³-hybridized carbons (Fsp3) is 0.222. The zero-order chi connectivity index (χ0) is 10.6. The predicted octanol–water partition coefficient (Wildman–Crippen LogP) is 0.912. The van der Waals surface area contributed by atoms with Gasteiger partial charge in [0.1, 0.15) is 0 Å². The minimum Gasteiger partial charge on any atom is -0.189 e. The molecule has 0 fully saturated rings. The van der Waals surface area contributed by atoms with Crippen LogP contribution in [0, 0.1) is 0 Å². The highest BCUT2D eigenvalue weighted by molar-refractivity contribution is 7.87. The van der Waals surface area contributed by atoms with Gasteiger partial charge in [-0.05, 0) is 5.56 Å². The maximum atomic E-state index is 11.2. The highest BCUT2D eigenvalue weighted by Gasteiger charge is 2.08. The molecule has 5 heteroatoms. The van der Waals surface area contributed by atoms with Crippen molar-refractivity contribution in [1.29, 1.82) is 0 Å². The number of nitrogens with zero attached hydrogens (tertiary/aromatic N) is 2. The zero-order valence-corrected chi connectivity index (χ0v) is 8.90. The first-order valence-electron chi connectivity index (χ1n) is 4.05. The van der Waals surface area contributed by atoms with E-state index in [4.69, 9.17) is 0 Å². The third-order valence-electron chi connectivity index (χ3n) is 1.60. The molecule has 0 heterocycles. The smallest absolute Gasteiger partial charge is 0.189 e. The Balaban J connectivity index is 2.85. The van der Waals surface area contributed by atoms with Crippen LogP contribution in [-0.2, 0) is 10.2 Å². The minimum absolute atomic E-state index is 0.762. The van der Waals surface area contributed by atoms with Gasteiger partial charge in [-0.3, -0.25) is 0 Å². The molecule has 1 rings (SSSR count). The van der Waals surface area contributed by atoms with Crippen LogP contribution in [0.4, 0.5) is 0 Å². The van der Waals surface area contributed by atoms with Gasteiger partial charge < -0.3 is 0 Å². The van der Waals surface area contributed by atoms with Crippen molar-refractivity contribution in [3.05, 3.63) is 35.9 Å². The molecule has 14 heavy (non-hydrogen) atoms. The van der Waals surface area contributed by atoms with Crippen molar-refractivity contribution >= 4 is 16.4 Å². The van der Waals surface area contributed by atoms with Crippen LogP contribution in [0.25, 0.3) is 0 Å². The SMILES string of the molecule is CN(C)S(=O)(=O)N=Cc1ccccc1. The van der Waals surface area contributed by atoms with Gasteiger partial charge in [0, 0.05) is 20.3 Å². The standard InChI is InChI=1S/C9H12N2O2S/c1-11(2)14(12,13)10-8-9-6-4-3-5-7-9/h3-8H,1-2H3. The molecule has 0 N–H and O–H groups in total. The minimum atomic E-state index is -3.49. The van der Waals surface area contributed by atoms with Crippen LogP contribution >= 0.6 is 0 Å². The monoisotopic (exact) mass is 212 g/mol. The van der Waals surface area contributed by atoms with Crippen molar-refractivity contribution in [2.24, 2.45) is 4.40 Å². The Morgan fingerprint density at radius 2 is 1.79 bits per heavy atom. The van der Waals surface area contributed by atoms with E-state index in [9.17, 15) is 8.42 Å². The summed E-state index contributed by atoms with van der Waals surface area (Å²) in [6.45, 7) is 0. The van der Waals surface area contributed by atoms with E-state index < -0.39 is 10.2 Å². The lowest BCUT2D eigenvalue weighted by Gasteiger charge is -2.04. The molecule has 1 aromatic carbocycles. The molecule has 0 unspecified atom stereocenters. The number of hydrogen-bond donors (Lipinski definition) is 0. The lowest BCUT2D eigenvalue weighted by molar-refractivity contribution is 0.523. The highest BCUT2D eigenvalue weighted by Crippen LogP contribution is 1.98. The Labute approximate surface area is 84.1 Å². The van der Waals surface area contributed by atoms with E-state index in [1.165, 1.54) is 20.3 Å². The average molecular weight is 212 g/mol. The maximum Gasteiger partial charge on any atom is 0.321 e. The maximum absolute atomic E-state index is 11.2. The zero-order valence-electron chi connectivity index (χ0n) is 8.08. The second-order valence-corrected chi connectivity index (χ2v) is 4.74. The summed E-state index contributed by atoms with van der Waals surface area (Å²) in [5, 5.41) is 0. The third kappa shape index (κ3) is 2.93. The van der Waals surface area contributed by atoms with Crippen LogP contribution in [0.1, 0.15) is 5.56 Å². The topological polar surface area (TPSA) is 49.7 Å². The van der Waals surface area contributed by atoms with E-state index in [0.717, 1.165) is 9.87 Å². The van der Waals surface area contributed by atoms with Crippen LogP contribution in [0.15, 0.2) is 34.7 Å². The fourth-order valence-electron chi connectivity index (χ4n) is 0.761. The lowest BCUT2D eigenvalue weighted by Crippen LogP contribution is -2.19. The summed E-state index contributed by atoms with van der Waals surface area (Å²) < 4.78 is 27.0. The van der Waals surface area contributed by atoms with Gasteiger partial charge in [0.25, 0.3) is 0 Å². The largest absolute Gasteiger partial charge is 0.321 e. The number of hydrogen-bond acceptors (Lipinski definition) is 2. The van der Waals surface area contributed by atoms with Crippen LogP contribution in [0.2, 0.25) is 0 Å². The second-order valence-electron chi connectivity index (χ2n) is 2.91. The molecule has 4 nitrogen and oxygen atoms in total. The molecule has 0 saturated heterocycles. The molecule has 0 aliphatic rings. The molecule has 0 radical (unpaired) electrons. The third-order valence-corrected chi connectivity index (χ3v) is 2.89. The molecular formula is C9H12N2O2S. The highest BCUT2D eigenvalue weighted by atomic mass is 32.2. The van der Waals surface area contributed by atoms with Gasteiger partial charge >= 0.3 is 10.2 Å². The van der Waals surface area contributed by atoms with E-state index in [2.05, 4.69) is 4.40 Å². The molecule has 0 aliphatic carbocycles. The Morgan fingerprint density at radius 3 is 2.29 bits per heavy atom. The number of benzene rings is 1. The molecule has 0 atom stereocenters. The van der Waals surface area contributed by atoms with E-state index in [0.29, 0.717) is 0 Å². The van der Waals surface area contributed by atoms with Gasteiger partial charge in [-0.2, -0.15) is 17.1 Å². The van der Waals surface area contributed by atoms with Gasteiger partial charge in [0.2, 0.25) is 0 Å². The van der Waals surface area contributed by atoms with Crippen LogP contribution in [0.3, 0.4) is 0 Å². The van der Waals surface area contributed by atoms with Crippen LogP contribution < -0.4 is 0 Å². The Hall–Kier alpha value is -1.20. The predicted molar refractivity (Wildman–Crippen MR) is 56.6 cm³/mol. The Morgan fingerprint density at radius 1 is 1.21 bits per heavy atom. The van der Waals surface area contributed by atoms with E-state index >= 15 is 0 Å². The first-order chi connectivity index (χ1) is 6.52. The summed E-state index contributed by atoms with van der Waals surface area (Å²) in [6.07, 6.45) is 1.33. The van der Waals surface area contributed by atoms with Gasteiger partial charge in [0.05, 0.1) is 0 Å². The molecule has 0 bridgehead atoms. The Kier molecular flexibility index (Phi) is 3.38. The number of rotatable bonds is 3. The summed E-state index contributed by atoms with van der Waals surface area (Å²) in [7, 11) is -0.609. The van der Waals surface area contributed by atoms with Gasteiger partial charge in [-0.15, -0.1) is 0 Å². The fourth-order valence-corrected chi connectivity index (χ4v) is 1.20. The molecule has 0 amide bonds. The molecule has 1 aromatic rings. The average Bonchev–Trinajstić information content (AvgIpc) is 2.16. The summed E-state index contributed by atoms with van der Waals surface area (Å²) in [4.78, 5) is 0. The normalized spacial score (nSPS) is 12.5. The molecule has 0 spiro atoms. The first-order valence-corrected chi connectivity index (χ1v) is 5.45. The molecule has 76 valence electrons. The lowest BCUT2D eigenvalue weighted by atomic mass is 10.2. The molecule has 0 aliphatic heterocycles. The van der Waals surface area contributed by atoms with Crippen molar-refractivity contribution in [3.8, 4) is 0 Å². The van der Waals surface area contributed by atoms with E-state index in [-0.39, 0.29) is 0 Å². The quantitative estimate of drug-likeness (QED) is 0.699. The van der Waals surface area contributed by atoms with Crippen LogP contribution in [0.5, 0.6) is 0 Å². The summed E-state index contributed by atoms with van der Waals surface area (Å²) in [5.41, 5.74) is 0.762. The Bertz CT molecular complexity index is 410.